The van der Waals surface area contributed by atoms with Crippen molar-refractivity contribution in [3.05, 3.63) is 81.2 Å². The van der Waals surface area contributed by atoms with Crippen molar-refractivity contribution in [2.75, 3.05) is 0 Å². The number of nitrogens with one attached hydrogen (secondary N) is 1. The fourth-order valence-electron chi connectivity index (χ4n) is 3.06. The van der Waals surface area contributed by atoms with E-state index >= 15 is 0 Å². The highest BCUT2D eigenvalue weighted by Crippen LogP contribution is 2.27. The first-order chi connectivity index (χ1) is 13.7. The molecule has 9 heteroatoms. The third kappa shape index (κ3) is 3.79. The number of hydrogen-bond donors (Lipinski definition) is 1. The van der Waals surface area contributed by atoms with Gasteiger partial charge in [0.25, 0.3) is 5.56 Å². The summed E-state index contributed by atoms with van der Waals surface area (Å²) in [5.41, 5.74) is 3.11. The maximum absolute atomic E-state index is 12.4. The van der Waals surface area contributed by atoms with Crippen LogP contribution in [-0.2, 0) is 0 Å². The van der Waals surface area contributed by atoms with Crippen LogP contribution in [0.15, 0.2) is 68.7 Å². The Bertz CT molecular complexity index is 1310. The molecule has 0 aliphatic heterocycles. The fourth-order valence-corrected chi connectivity index (χ4v) is 3.06. The number of aromatic nitrogens is 2. The van der Waals surface area contributed by atoms with Crippen LogP contribution in [0.1, 0.15) is 5.56 Å². The minimum Gasteiger partial charge on any atom is -0.408 e. The topological polar surface area (TPSA) is 77.2 Å². The van der Waals surface area contributed by atoms with Crippen LogP contribution in [0.2, 0.25) is 0 Å². The van der Waals surface area contributed by atoms with Crippen LogP contribution in [0.5, 0.6) is 5.75 Å². The molecule has 0 atom stereocenters. The number of rotatable bonds is 3. The molecule has 148 valence electrons. The van der Waals surface area contributed by atoms with Crippen molar-refractivity contribution < 1.29 is 22.3 Å². The van der Waals surface area contributed by atoms with E-state index in [1.807, 2.05) is 0 Å². The number of nitrogens with zero attached hydrogens (tertiary/aromatic N) is 1. The normalized spacial score (nSPS) is 11.7. The van der Waals surface area contributed by atoms with E-state index in [1.165, 1.54) is 22.8 Å². The first-order valence-corrected chi connectivity index (χ1v) is 8.42. The fraction of sp³-hybridized carbons (Fsp3) is 0.100. The number of aromatic amines is 1. The molecule has 0 aliphatic rings. The lowest BCUT2D eigenvalue weighted by Gasteiger charge is -2.13. The van der Waals surface area contributed by atoms with Gasteiger partial charge in [-0.25, -0.2) is 4.79 Å². The van der Waals surface area contributed by atoms with Crippen LogP contribution < -0.4 is 16.1 Å². The van der Waals surface area contributed by atoms with Crippen LogP contribution in [0, 0.1) is 6.92 Å². The van der Waals surface area contributed by atoms with Gasteiger partial charge in [0, 0.05) is 23.5 Å². The summed E-state index contributed by atoms with van der Waals surface area (Å²) < 4.78 is 47.1. The molecule has 6 nitrogen and oxygen atoms in total. The van der Waals surface area contributed by atoms with Crippen molar-refractivity contribution in [2.24, 2.45) is 0 Å². The van der Waals surface area contributed by atoms with E-state index < -0.39 is 12.1 Å². The monoisotopic (exact) mass is 402 g/mol. The van der Waals surface area contributed by atoms with Crippen LogP contribution in [0.4, 0.5) is 13.2 Å². The van der Waals surface area contributed by atoms with Crippen LogP contribution in [-0.4, -0.2) is 15.9 Å². The zero-order valence-corrected chi connectivity index (χ0v) is 14.9. The Kier molecular flexibility index (Phi) is 4.30. The largest absolute Gasteiger partial charge is 0.573 e. The minimum atomic E-state index is -4.79. The molecule has 0 saturated heterocycles. The number of aryl methyl sites for hydroxylation is 1. The van der Waals surface area contributed by atoms with E-state index in [2.05, 4.69) is 9.72 Å². The lowest BCUT2D eigenvalue weighted by Crippen LogP contribution is -2.19. The molecule has 2 heterocycles. The molecule has 0 bridgehead atoms. The molecular formula is C20H13F3N2O4. The number of pyridine rings is 1. The van der Waals surface area contributed by atoms with Crippen molar-refractivity contribution >= 4 is 11.1 Å². The molecule has 4 aromatic rings. The van der Waals surface area contributed by atoms with E-state index in [0.29, 0.717) is 27.9 Å². The summed E-state index contributed by atoms with van der Waals surface area (Å²) in [6.45, 7) is 1.77. The van der Waals surface area contributed by atoms with Crippen LogP contribution >= 0.6 is 0 Å². The van der Waals surface area contributed by atoms with Crippen molar-refractivity contribution in [1.29, 1.82) is 0 Å². The molecule has 0 aliphatic carbocycles. The molecule has 29 heavy (non-hydrogen) atoms. The third-order valence-corrected chi connectivity index (χ3v) is 4.34. The molecule has 0 fully saturated rings. The molecule has 0 amide bonds. The third-order valence-electron chi connectivity index (χ3n) is 4.34. The lowest BCUT2D eigenvalue weighted by atomic mass is 10.0. The average Bonchev–Trinajstić information content (AvgIpc) is 3.00. The summed E-state index contributed by atoms with van der Waals surface area (Å²) in [6, 6.07) is 11.5. The minimum absolute atomic E-state index is 0.339. The van der Waals surface area contributed by atoms with Gasteiger partial charge >= 0.3 is 12.1 Å². The zero-order valence-electron chi connectivity index (χ0n) is 14.9. The highest BCUT2D eigenvalue weighted by Gasteiger charge is 2.31. The number of ether oxygens (including phenoxy) is 1. The summed E-state index contributed by atoms with van der Waals surface area (Å²) in [4.78, 5) is 26.4. The van der Waals surface area contributed by atoms with E-state index in [0.717, 1.165) is 17.7 Å². The van der Waals surface area contributed by atoms with Gasteiger partial charge in [-0.2, -0.15) is 0 Å². The smallest absolute Gasteiger partial charge is 0.408 e. The molecule has 0 spiro atoms. The SMILES string of the molecule is Cc1cc(=O)n(-c2ccc(OC(F)(F)F)cc2)cc1-c1ccc2oc(=O)[nH]c2c1. The van der Waals surface area contributed by atoms with Crippen molar-refractivity contribution in [3.8, 4) is 22.6 Å². The summed E-state index contributed by atoms with van der Waals surface area (Å²) in [5.74, 6) is -0.948. The molecule has 1 N–H and O–H groups in total. The maximum atomic E-state index is 12.4. The molecular weight excluding hydrogens is 389 g/mol. The standard InChI is InChI=1S/C20H13F3N2O4/c1-11-8-18(26)25(13-3-5-14(6-4-13)29-20(21,22)23)10-15(11)12-2-7-17-16(9-12)24-19(27)28-17/h2-10H,1H3,(H,24,27). The number of oxazole rings is 1. The van der Waals surface area contributed by atoms with Gasteiger partial charge in [0.15, 0.2) is 5.58 Å². The van der Waals surface area contributed by atoms with Crippen molar-refractivity contribution in [2.45, 2.75) is 13.3 Å². The quantitative estimate of drug-likeness (QED) is 0.559. The molecule has 2 aromatic heterocycles. The van der Waals surface area contributed by atoms with Gasteiger partial charge < -0.3 is 9.15 Å². The second kappa shape index (κ2) is 6.69. The summed E-state index contributed by atoms with van der Waals surface area (Å²) in [5, 5.41) is 0. The number of halogens is 3. The summed E-state index contributed by atoms with van der Waals surface area (Å²) >= 11 is 0. The van der Waals surface area contributed by atoms with Gasteiger partial charge in [0.05, 0.1) is 5.52 Å². The van der Waals surface area contributed by atoms with E-state index in [1.54, 1.807) is 31.3 Å². The van der Waals surface area contributed by atoms with Gasteiger partial charge in [-0.1, -0.05) is 6.07 Å². The Labute approximate surface area is 160 Å². The Balaban J connectivity index is 1.77. The summed E-state index contributed by atoms with van der Waals surface area (Å²) in [6.07, 6.45) is -3.20. The van der Waals surface area contributed by atoms with Gasteiger partial charge in [0.1, 0.15) is 5.75 Å². The second-order valence-corrected chi connectivity index (χ2v) is 6.35. The van der Waals surface area contributed by atoms with Gasteiger partial charge in [0.2, 0.25) is 0 Å². The van der Waals surface area contributed by atoms with Gasteiger partial charge in [-0.3, -0.25) is 14.3 Å². The number of hydrogen-bond acceptors (Lipinski definition) is 4. The summed E-state index contributed by atoms with van der Waals surface area (Å²) in [7, 11) is 0. The number of fused-ring (bicyclic) bond motifs is 1. The van der Waals surface area contributed by atoms with Crippen LogP contribution in [0.25, 0.3) is 27.9 Å². The Morgan fingerprint density at radius 2 is 1.76 bits per heavy atom. The maximum Gasteiger partial charge on any atom is 0.573 e. The first-order valence-electron chi connectivity index (χ1n) is 8.42. The first kappa shape index (κ1) is 18.6. The predicted octanol–water partition coefficient (Wildman–Crippen LogP) is 4.15. The van der Waals surface area contributed by atoms with Crippen molar-refractivity contribution in [1.82, 2.24) is 9.55 Å². The highest BCUT2D eigenvalue weighted by molar-refractivity contribution is 5.80. The predicted molar refractivity (Wildman–Crippen MR) is 99.3 cm³/mol. The van der Waals surface area contributed by atoms with Crippen molar-refractivity contribution in [3.63, 3.8) is 0 Å². The zero-order chi connectivity index (χ0) is 20.8. The van der Waals surface area contributed by atoms with E-state index in [9.17, 15) is 22.8 Å². The average molecular weight is 402 g/mol. The number of H-pyrrole nitrogens is 1. The molecule has 0 unspecified atom stereocenters. The molecule has 2 aromatic carbocycles. The Morgan fingerprint density at radius 3 is 2.45 bits per heavy atom. The molecule has 0 saturated carbocycles. The van der Waals surface area contributed by atoms with Gasteiger partial charge in [-0.15, -0.1) is 13.2 Å². The Hall–Kier alpha value is -3.75. The lowest BCUT2D eigenvalue weighted by molar-refractivity contribution is -0.274. The second-order valence-electron chi connectivity index (χ2n) is 6.35. The van der Waals surface area contributed by atoms with Crippen LogP contribution in [0.3, 0.4) is 0 Å². The number of alkyl halides is 3. The van der Waals surface area contributed by atoms with E-state index in [-0.39, 0.29) is 11.3 Å². The molecule has 4 rings (SSSR count). The van der Waals surface area contributed by atoms with Gasteiger partial charge in [-0.05, 0) is 54.4 Å². The Morgan fingerprint density at radius 1 is 1.03 bits per heavy atom. The highest BCUT2D eigenvalue weighted by atomic mass is 19.4. The van der Waals surface area contributed by atoms with E-state index in [4.69, 9.17) is 4.42 Å². The number of benzene rings is 2. The molecule has 0 radical (unpaired) electrons.